The molecule has 0 unspecified atom stereocenters. The average molecular weight is 543 g/mol. The summed E-state index contributed by atoms with van der Waals surface area (Å²) in [4.78, 5) is 0. The zero-order valence-electron chi connectivity index (χ0n) is 23.6. The number of halogens is 3. The number of hydrogen-bond acceptors (Lipinski definition) is 0. The molecule has 0 bridgehead atoms. The number of rotatable bonds is 8. The van der Waals surface area contributed by atoms with Gasteiger partial charge in [-0.1, -0.05) is 66.8 Å². The Hall–Kier alpha value is -3.07. The average Bonchev–Trinajstić information content (AvgIpc) is 3.00. The first-order valence-corrected chi connectivity index (χ1v) is 15.1. The second kappa shape index (κ2) is 13.1. The van der Waals surface area contributed by atoms with Crippen LogP contribution in [0.15, 0.2) is 79.4 Å². The van der Waals surface area contributed by atoms with Crippen LogP contribution in [-0.4, -0.2) is 0 Å². The van der Waals surface area contributed by atoms with Crippen LogP contribution >= 0.6 is 0 Å². The van der Waals surface area contributed by atoms with Gasteiger partial charge in [0.1, 0.15) is 5.82 Å². The zero-order valence-corrected chi connectivity index (χ0v) is 23.6. The van der Waals surface area contributed by atoms with Crippen molar-refractivity contribution in [2.24, 2.45) is 17.8 Å². The summed E-state index contributed by atoms with van der Waals surface area (Å²) in [6.45, 7) is 5.88. The second-order valence-corrected chi connectivity index (χ2v) is 11.8. The third-order valence-electron chi connectivity index (χ3n) is 9.54. The van der Waals surface area contributed by atoms with Crippen LogP contribution in [0.3, 0.4) is 0 Å². The highest BCUT2D eigenvalue weighted by atomic mass is 19.2. The molecule has 0 aliphatic heterocycles. The van der Waals surface area contributed by atoms with Gasteiger partial charge in [0.2, 0.25) is 0 Å². The van der Waals surface area contributed by atoms with Gasteiger partial charge < -0.3 is 0 Å². The lowest BCUT2D eigenvalue weighted by Gasteiger charge is -2.37. The summed E-state index contributed by atoms with van der Waals surface area (Å²) in [6, 6.07) is 16.0. The molecule has 3 aromatic carbocycles. The topological polar surface area (TPSA) is 0 Å². The van der Waals surface area contributed by atoms with E-state index in [1.807, 2.05) is 25.1 Å². The summed E-state index contributed by atoms with van der Waals surface area (Å²) in [6.07, 6.45) is 17.1. The van der Waals surface area contributed by atoms with E-state index >= 15 is 4.39 Å². The smallest absolute Gasteiger partial charge is 0.166 e. The standard InChI is InChI=1S/C37H41F3/c1-3-5-6-7-31-20-23-34(37(40)36(31)39)30-18-16-29(17-19-30)33-22-21-32(24-35(33)38)28-14-12-27(13-15-28)26-10-8-25(4-2)9-11-26/h3-5,16-28H,2,6-15H2,1H3/b5-3+. The molecule has 2 saturated carbocycles. The van der Waals surface area contributed by atoms with Crippen molar-refractivity contribution < 1.29 is 13.2 Å². The van der Waals surface area contributed by atoms with Crippen LogP contribution in [0.2, 0.25) is 0 Å². The van der Waals surface area contributed by atoms with Gasteiger partial charge in [-0.25, -0.2) is 13.2 Å². The molecular weight excluding hydrogens is 501 g/mol. The van der Waals surface area contributed by atoms with Crippen LogP contribution in [0, 0.1) is 35.2 Å². The minimum Gasteiger partial charge on any atom is -0.206 e. The summed E-state index contributed by atoms with van der Waals surface area (Å²) in [5.74, 6) is 0.951. The summed E-state index contributed by atoms with van der Waals surface area (Å²) in [5, 5.41) is 0. The van der Waals surface area contributed by atoms with Crippen molar-refractivity contribution in [2.45, 2.75) is 77.0 Å². The quantitative estimate of drug-likeness (QED) is 0.248. The predicted molar refractivity (Wildman–Crippen MR) is 161 cm³/mol. The Kier molecular flexibility index (Phi) is 9.29. The molecule has 5 rings (SSSR count). The van der Waals surface area contributed by atoms with E-state index in [4.69, 9.17) is 0 Å². The van der Waals surface area contributed by atoms with Crippen LogP contribution < -0.4 is 0 Å². The Morgan fingerprint density at radius 1 is 0.725 bits per heavy atom. The third-order valence-corrected chi connectivity index (χ3v) is 9.54. The first kappa shape index (κ1) is 28.5. The van der Waals surface area contributed by atoms with E-state index in [1.165, 1.54) is 38.5 Å². The molecule has 40 heavy (non-hydrogen) atoms. The fourth-order valence-corrected chi connectivity index (χ4v) is 7.04. The van der Waals surface area contributed by atoms with Crippen LogP contribution in [0.4, 0.5) is 13.2 Å². The SMILES string of the molecule is C=CC1CCC(C2CCC(c3ccc(-c4ccc(-c5ccc(CC/C=C/C)c(F)c5F)cc4)c(F)c3)CC2)CC1. The minimum absolute atomic E-state index is 0.221. The van der Waals surface area contributed by atoms with E-state index in [9.17, 15) is 8.78 Å². The van der Waals surface area contributed by atoms with Crippen molar-refractivity contribution in [3.8, 4) is 22.3 Å². The maximum atomic E-state index is 15.3. The molecule has 0 nitrogen and oxygen atoms in total. The third kappa shape index (κ3) is 6.29. The van der Waals surface area contributed by atoms with Crippen LogP contribution in [-0.2, 0) is 6.42 Å². The first-order chi connectivity index (χ1) is 19.5. The van der Waals surface area contributed by atoms with Crippen LogP contribution in [0.1, 0.15) is 81.8 Å². The van der Waals surface area contributed by atoms with Crippen molar-refractivity contribution in [2.75, 3.05) is 0 Å². The maximum Gasteiger partial charge on any atom is 0.166 e. The molecule has 0 aromatic heterocycles. The van der Waals surface area contributed by atoms with Gasteiger partial charge in [-0.05, 0) is 123 Å². The van der Waals surface area contributed by atoms with E-state index in [2.05, 4.69) is 18.7 Å². The molecule has 0 atom stereocenters. The minimum atomic E-state index is -0.833. The van der Waals surface area contributed by atoms with Gasteiger partial charge in [0.25, 0.3) is 0 Å². The first-order valence-electron chi connectivity index (χ1n) is 15.1. The van der Waals surface area contributed by atoms with E-state index in [1.54, 1.807) is 42.5 Å². The lowest BCUT2D eigenvalue weighted by molar-refractivity contribution is 0.171. The molecule has 3 heteroatoms. The lowest BCUT2D eigenvalue weighted by Crippen LogP contribution is -2.25. The molecular formula is C37H41F3. The molecule has 2 aliphatic carbocycles. The van der Waals surface area contributed by atoms with Crippen LogP contribution in [0.25, 0.3) is 22.3 Å². The molecule has 2 fully saturated rings. The lowest BCUT2D eigenvalue weighted by atomic mass is 9.68. The molecule has 0 heterocycles. The van der Waals surface area contributed by atoms with Crippen molar-refractivity contribution in [1.29, 1.82) is 0 Å². The van der Waals surface area contributed by atoms with E-state index < -0.39 is 11.6 Å². The Morgan fingerprint density at radius 2 is 1.32 bits per heavy atom. The highest BCUT2D eigenvalue weighted by Crippen LogP contribution is 2.44. The van der Waals surface area contributed by atoms with Crippen molar-refractivity contribution in [3.63, 3.8) is 0 Å². The fraction of sp³-hybridized carbons (Fsp3) is 0.405. The molecule has 0 amide bonds. The molecule has 0 spiro atoms. The van der Waals surface area contributed by atoms with Gasteiger partial charge in [0.15, 0.2) is 11.6 Å². The van der Waals surface area contributed by atoms with Crippen molar-refractivity contribution >= 4 is 0 Å². The molecule has 2 aliphatic rings. The monoisotopic (exact) mass is 542 g/mol. The Morgan fingerprint density at radius 3 is 1.93 bits per heavy atom. The molecule has 0 N–H and O–H groups in total. The van der Waals surface area contributed by atoms with E-state index in [-0.39, 0.29) is 11.4 Å². The summed E-state index contributed by atoms with van der Waals surface area (Å²) in [7, 11) is 0. The molecule has 0 radical (unpaired) electrons. The number of benzene rings is 3. The van der Waals surface area contributed by atoms with Gasteiger partial charge in [-0.15, -0.1) is 6.58 Å². The Bertz CT molecular complexity index is 1320. The van der Waals surface area contributed by atoms with Gasteiger partial charge in [0, 0.05) is 11.1 Å². The van der Waals surface area contributed by atoms with Crippen molar-refractivity contribution in [1.82, 2.24) is 0 Å². The van der Waals surface area contributed by atoms with Crippen LogP contribution in [0.5, 0.6) is 0 Å². The number of hydrogen-bond donors (Lipinski definition) is 0. The number of allylic oxidation sites excluding steroid dienone is 3. The normalized spacial score (nSPS) is 23.4. The number of aryl methyl sites for hydroxylation is 1. The largest absolute Gasteiger partial charge is 0.206 e. The maximum absolute atomic E-state index is 15.3. The highest BCUT2D eigenvalue weighted by molar-refractivity contribution is 5.71. The van der Waals surface area contributed by atoms with E-state index in [0.29, 0.717) is 41.4 Å². The van der Waals surface area contributed by atoms with Crippen molar-refractivity contribution in [3.05, 3.63) is 108 Å². The molecule has 3 aromatic rings. The second-order valence-electron chi connectivity index (χ2n) is 11.8. The van der Waals surface area contributed by atoms with Gasteiger partial charge >= 0.3 is 0 Å². The summed E-state index contributed by atoms with van der Waals surface area (Å²) < 4.78 is 44.8. The summed E-state index contributed by atoms with van der Waals surface area (Å²) >= 11 is 0. The molecule has 0 saturated heterocycles. The predicted octanol–water partition coefficient (Wildman–Crippen LogP) is 11.2. The Balaban J connectivity index is 1.23. The highest BCUT2D eigenvalue weighted by Gasteiger charge is 2.31. The molecule has 210 valence electrons. The Labute approximate surface area is 238 Å². The van der Waals surface area contributed by atoms with Gasteiger partial charge in [-0.2, -0.15) is 0 Å². The van der Waals surface area contributed by atoms with Gasteiger partial charge in [0.05, 0.1) is 0 Å². The van der Waals surface area contributed by atoms with E-state index in [0.717, 1.165) is 35.8 Å². The summed E-state index contributed by atoms with van der Waals surface area (Å²) in [5.41, 5.74) is 3.54. The zero-order chi connectivity index (χ0) is 28.1. The van der Waals surface area contributed by atoms with Gasteiger partial charge in [-0.3, -0.25) is 0 Å². The fourth-order valence-electron chi connectivity index (χ4n) is 7.04.